The smallest absolute Gasteiger partial charge is 0.416 e. The van der Waals surface area contributed by atoms with Gasteiger partial charge in [0.05, 0.1) is 30.3 Å². The van der Waals surface area contributed by atoms with Crippen molar-refractivity contribution in [3.8, 4) is 5.75 Å². The standard InChI is InChI=1S/C24H27ClF3N3O2/c1-14(2)29-23(32)18-11-15-10-16(24(26,27)28)4-6-19(15)31-9-8-30(13-21(18)31)20-12-17(25)5-7-22(20)33-3/h4-7,10,12,14,18,21H,8-9,11,13H2,1-3H3,(H,29,32). The SMILES string of the molecule is COc1ccc(Cl)cc1N1CCN2c3ccc(C(F)(F)F)cc3CC(C(=O)NC(C)C)C2C1. The Hall–Kier alpha value is -2.61. The second-order valence-corrected chi connectivity index (χ2v) is 9.27. The van der Waals surface area contributed by atoms with E-state index in [9.17, 15) is 18.0 Å². The van der Waals surface area contributed by atoms with Gasteiger partial charge in [0.2, 0.25) is 5.91 Å². The fraction of sp³-hybridized carbons (Fsp3) is 0.458. The summed E-state index contributed by atoms with van der Waals surface area (Å²) in [5.74, 6) is 0.0430. The Balaban J connectivity index is 1.71. The van der Waals surface area contributed by atoms with E-state index in [1.165, 1.54) is 12.1 Å². The summed E-state index contributed by atoms with van der Waals surface area (Å²) in [5, 5.41) is 3.53. The molecule has 2 atom stereocenters. The van der Waals surface area contributed by atoms with E-state index < -0.39 is 17.7 Å². The molecular formula is C24H27ClF3N3O2. The average Bonchev–Trinajstić information content (AvgIpc) is 2.76. The molecule has 178 valence electrons. The number of nitrogens with zero attached hydrogens (tertiary/aromatic N) is 2. The van der Waals surface area contributed by atoms with Crippen LogP contribution in [0, 0.1) is 5.92 Å². The lowest BCUT2D eigenvalue weighted by Crippen LogP contribution is -2.61. The number of methoxy groups -OCH3 is 1. The van der Waals surface area contributed by atoms with Gasteiger partial charge in [-0.1, -0.05) is 11.6 Å². The average molecular weight is 482 g/mol. The van der Waals surface area contributed by atoms with Crippen molar-refractivity contribution in [2.75, 3.05) is 36.5 Å². The number of rotatable bonds is 4. The number of carbonyl (C=O) groups excluding carboxylic acids is 1. The Morgan fingerprint density at radius 2 is 1.91 bits per heavy atom. The number of nitrogens with one attached hydrogen (secondary N) is 1. The molecule has 2 aromatic rings. The molecule has 5 nitrogen and oxygen atoms in total. The molecule has 1 N–H and O–H groups in total. The molecule has 1 saturated heterocycles. The van der Waals surface area contributed by atoms with Gasteiger partial charge >= 0.3 is 6.18 Å². The van der Waals surface area contributed by atoms with Gasteiger partial charge in [-0.15, -0.1) is 0 Å². The second kappa shape index (κ2) is 8.97. The Bertz CT molecular complexity index is 1040. The lowest BCUT2D eigenvalue weighted by atomic mass is 9.82. The number of benzene rings is 2. The van der Waals surface area contributed by atoms with Crippen LogP contribution in [0.25, 0.3) is 0 Å². The minimum Gasteiger partial charge on any atom is -0.495 e. The zero-order valence-electron chi connectivity index (χ0n) is 18.7. The van der Waals surface area contributed by atoms with Crippen LogP contribution in [0.4, 0.5) is 24.5 Å². The van der Waals surface area contributed by atoms with Crippen molar-refractivity contribution in [2.24, 2.45) is 5.92 Å². The van der Waals surface area contributed by atoms with Gasteiger partial charge in [0, 0.05) is 36.4 Å². The summed E-state index contributed by atoms with van der Waals surface area (Å²) in [4.78, 5) is 17.4. The van der Waals surface area contributed by atoms with Gasteiger partial charge in [-0.2, -0.15) is 13.2 Å². The van der Waals surface area contributed by atoms with Crippen LogP contribution < -0.4 is 19.9 Å². The van der Waals surface area contributed by atoms with Gasteiger partial charge in [-0.05, 0) is 62.2 Å². The van der Waals surface area contributed by atoms with Gasteiger partial charge < -0.3 is 19.9 Å². The first kappa shape index (κ1) is 23.5. The Kier molecular flexibility index (Phi) is 6.40. The van der Waals surface area contributed by atoms with E-state index in [0.717, 1.165) is 17.4 Å². The number of halogens is 4. The molecule has 33 heavy (non-hydrogen) atoms. The first-order valence-electron chi connectivity index (χ1n) is 10.9. The molecule has 4 rings (SSSR count). The molecule has 0 aliphatic carbocycles. The number of alkyl halides is 3. The normalized spacial score (nSPS) is 20.4. The first-order valence-corrected chi connectivity index (χ1v) is 11.3. The second-order valence-electron chi connectivity index (χ2n) is 8.84. The number of hydrogen-bond acceptors (Lipinski definition) is 4. The minimum atomic E-state index is -4.43. The van der Waals surface area contributed by atoms with Gasteiger partial charge in [-0.25, -0.2) is 0 Å². The van der Waals surface area contributed by atoms with Crippen molar-refractivity contribution in [3.05, 3.63) is 52.5 Å². The van der Waals surface area contributed by atoms with Crippen LogP contribution in [0.5, 0.6) is 5.75 Å². The number of hydrogen-bond donors (Lipinski definition) is 1. The highest BCUT2D eigenvalue weighted by atomic mass is 35.5. The van der Waals surface area contributed by atoms with Crippen molar-refractivity contribution in [1.29, 1.82) is 0 Å². The quantitative estimate of drug-likeness (QED) is 0.684. The Morgan fingerprint density at radius 3 is 2.58 bits per heavy atom. The molecule has 2 heterocycles. The summed E-state index contributed by atoms with van der Waals surface area (Å²) < 4.78 is 45.5. The molecule has 0 bridgehead atoms. The molecular weight excluding hydrogens is 455 g/mol. The molecule has 0 aromatic heterocycles. The molecule has 0 saturated carbocycles. The van der Waals surface area contributed by atoms with Gasteiger partial charge in [0.15, 0.2) is 0 Å². The maximum absolute atomic E-state index is 13.3. The topological polar surface area (TPSA) is 44.8 Å². The van der Waals surface area contributed by atoms with E-state index in [0.29, 0.717) is 36.0 Å². The van der Waals surface area contributed by atoms with Crippen LogP contribution in [0.3, 0.4) is 0 Å². The number of carbonyl (C=O) groups is 1. The van der Waals surface area contributed by atoms with Crippen molar-refractivity contribution in [2.45, 2.75) is 38.5 Å². The summed E-state index contributed by atoms with van der Waals surface area (Å²) in [5.41, 5.74) is 1.47. The number of anilines is 2. The van der Waals surface area contributed by atoms with Crippen LogP contribution in [0.2, 0.25) is 5.02 Å². The van der Waals surface area contributed by atoms with E-state index in [2.05, 4.69) is 15.1 Å². The molecule has 1 amide bonds. The third-order valence-corrected chi connectivity index (χ3v) is 6.52. The highest BCUT2D eigenvalue weighted by Crippen LogP contribution is 2.41. The largest absolute Gasteiger partial charge is 0.495 e. The molecule has 9 heteroatoms. The summed E-state index contributed by atoms with van der Waals surface area (Å²) in [6, 6.07) is 8.98. The van der Waals surface area contributed by atoms with E-state index >= 15 is 0 Å². The van der Waals surface area contributed by atoms with Crippen LogP contribution in [-0.4, -0.2) is 44.7 Å². The van der Waals surface area contributed by atoms with Crippen molar-refractivity contribution < 1.29 is 22.7 Å². The number of fused-ring (bicyclic) bond motifs is 3. The zero-order chi connectivity index (χ0) is 23.9. The van der Waals surface area contributed by atoms with E-state index in [-0.39, 0.29) is 24.4 Å². The minimum absolute atomic E-state index is 0.0680. The summed E-state index contributed by atoms with van der Waals surface area (Å²) in [7, 11) is 1.59. The maximum atomic E-state index is 13.3. The summed E-state index contributed by atoms with van der Waals surface area (Å²) >= 11 is 6.24. The van der Waals surface area contributed by atoms with E-state index in [1.54, 1.807) is 13.2 Å². The molecule has 2 aromatic carbocycles. The fourth-order valence-corrected chi connectivity index (χ4v) is 4.99. The lowest BCUT2D eigenvalue weighted by Gasteiger charge is -2.50. The van der Waals surface area contributed by atoms with Gasteiger partial charge in [0.1, 0.15) is 5.75 Å². The molecule has 2 aliphatic rings. The zero-order valence-corrected chi connectivity index (χ0v) is 19.5. The van der Waals surface area contributed by atoms with Crippen LogP contribution in [0.15, 0.2) is 36.4 Å². The first-order chi connectivity index (χ1) is 15.6. The third-order valence-electron chi connectivity index (χ3n) is 6.29. The number of amides is 1. The lowest BCUT2D eigenvalue weighted by molar-refractivity contribution is -0.137. The number of ether oxygens (including phenoxy) is 1. The van der Waals surface area contributed by atoms with E-state index in [1.807, 2.05) is 26.0 Å². The van der Waals surface area contributed by atoms with Gasteiger partial charge in [-0.3, -0.25) is 4.79 Å². The summed E-state index contributed by atoms with van der Waals surface area (Å²) in [6.07, 6.45) is -4.18. The highest BCUT2D eigenvalue weighted by Gasteiger charge is 2.43. The predicted octanol–water partition coefficient (Wildman–Crippen LogP) is 4.76. The molecule has 2 aliphatic heterocycles. The van der Waals surface area contributed by atoms with Gasteiger partial charge in [0.25, 0.3) is 0 Å². The molecule has 1 fully saturated rings. The summed E-state index contributed by atoms with van der Waals surface area (Å²) in [6.45, 7) is 5.44. The molecule has 0 radical (unpaired) electrons. The Labute approximate surface area is 196 Å². The maximum Gasteiger partial charge on any atom is 0.416 e. The highest BCUT2D eigenvalue weighted by molar-refractivity contribution is 6.31. The van der Waals surface area contributed by atoms with Crippen molar-refractivity contribution >= 4 is 28.9 Å². The van der Waals surface area contributed by atoms with Crippen LogP contribution in [-0.2, 0) is 17.4 Å². The van der Waals surface area contributed by atoms with Crippen LogP contribution >= 0.6 is 11.6 Å². The van der Waals surface area contributed by atoms with Crippen molar-refractivity contribution in [3.63, 3.8) is 0 Å². The third kappa shape index (κ3) is 4.71. The van der Waals surface area contributed by atoms with E-state index in [4.69, 9.17) is 16.3 Å². The predicted molar refractivity (Wildman–Crippen MR) is 123 cm³/mol. The fourth-order valence-electron chi connectivity index (χ4n) is 4.82. The monoisotopic (exact) mass is 481 g/mol. The van der Waals surface area contributed by atoms with Crippen LogP contribution in [0.1, 0.15) is 25.0 Å². The molecule has 2 unspecified atom stereocenters. The molecule has 0 spiro atoms. The van der Waals surface area contributed by atoms with Crippen molar-refractivity contribution in [1.82, 2.24) is 5.32 Å². The Morgan fingerprint density at radius 1 is 1.15 bits per heavy atom. The number of piperazine rings is 1.